The first-order valence-electron chi connectivity index (χ1n) is 4.25. The second kappa shape index (κ2) is 3.56. The highest BCUT2D eigenvalue weighted by atomic mass is 32.2. The number of fused-ring (bicyclic) bond motifs is 1. The molecule has 5 nitrogen and oxygen atoms in total. The van der Waals surface area contributed by atoms with Gasteiger partial charge in [-0.25, -0.2) is 13.6 Å². The average Bonchev–Trinajstić information content (AvgIpc) is 2.16. The minimum Gasteiger partial charge on any atom is -0.253 e. The summed E-state index contributed by atoms with van der Waals surface area (Å²) in [7, 11) is -3.54. The molecule has 0 amide bonds. The summed E-state index contributed by atoms with van der Waals surface area (Å²) in [6, 6.07) is 5.19. The molecule has 0 radical (unpaired) electrons. The fourth-order valence-electron chi connectivity index (χ4n) is 1.39. The molecular formula is C9H9N3O2S. The van der Waals surface area contributed by atoms with Gasteiger partial charge < -0.3 is 0 Å². The van der Waals surface area contributed by atoms with E-state index in [1.54, 1.807) is 24.4 Å². The lowest BCUT2D eigenvalue weighted by Gasteiger charge is -2.02. The van der Waals surface area contributed by atoms with Crippen LogP contribution in [0.3, 0.4) is 0 Å². The van der Waals surface area contributed by atoms with Crippen molar-refractivity contribution in [3.05, 3.63) is 36.2 Å². The Morgan fingerprint density at radius 3 is 2.67 bits per heavy atom. The van der Waals surface area contributed by atoms with Crippen LogP contribution in [-0.4, -0.2) is 18.4 Å². The van der Waals surface area contributed by atoms with E-state index in [2.05, 4.69) is 9.97 Å². The Morgan fingerprint density at radius 2 is 1.93 bits per heavy atom. The first-order valence-corrected chi connectivity index (χ1v) is 5.97. The summed E-state index contributed by atoms with van der Waals surface area (Å²) < 4.78 is 21.9. The van der Waals surface area contributed by atoms with Gasteiger partial charge in [-0.05, 0) is 11.6 Å². The van der Waals surface area contributed by atoms with Crippen molar-refractivity contribution >= 4 is 21.1 Å². The SMILES string of the molecule is NS(=O)(=O)Cc1cccc2nccnc12. The number of nitrogens with zero attached hydrogens (tertiary/aromatic N) is 2. The van der Waals surface area contributed by atoms with Gasteiger partial charge in [0.05, 0.1) is 16.8 Å². The summed E-state index contributed by atoms with van der Waals surface area (Å²) >= 11 is 0. The van der Waals surface area contributed by atoms with Crippen molar-refractivity contribution in [2.75, 3.05) is 0 Å². The topological polar surface area (TPSA) is 85.9 Å². The van der Waals surface area contributed by atoms with E-state index in [1.807, 2.05) is 0 Å². The molecule has 0 aliphatic heterocycles. The highest BCUT2D eigenvalue weighted by molar-refractivity contribution is 7.88. The highest BCUT2D eigenvalue weighted by Gasteiger charge is 2.09. The van der Waals surface area contributed by atoms with Crippen molar-refractivity contribution in [3.8, 4) is 0 Å². The van der Waals surface area contributed by atoms with Crippen molar-refractivity contribution in [1.29, 1.82) is 0 Å². The number of hydrogen-bond acceptors (Lipinski definition) is 4. The normalized spacial score (nSPS) is 11.8. The molecule has 78 valence electrons. The predicted molar refractivity (Wildman–Crippen MR) is 56.3 cm³/mol. The second-order valence-electron chi connectivity index (χ2n) is 3.15. The third-order valence-corrected chi connectivity index (χ3v) is 2.65. The smallest absolute Gasteiger partial charge is 0.213 e. The molecule has 2 N–H and O–H groups in total. The van der Waals surface area contributed by atoms with Crippen molar-refractivity contribution in [2.45, 2.75) is 5.75 Å². The Hall–Kier alpha value is -1.53. The van der Waals surface area contributed by atoms with E-state index in [0.29, 0.717) is 16.6 Å². The van der Waals surface area contributed by atoms with E-state index in [-0.39, 0.29) is 5.75 Å². The minimum absolute atomic E-state index is 0.219. The number of benzene rings is 1. The molecule has 0 saturated carbocycles. The number of primary sulfonamides is 1. The highest BCUT2D eigenvalue weighted by Crippen LogP contribution is 2.15. The van der Waals surface area contributed by atoms with Gasteiger partial charge in [0.15, 0.2) is 0 Å². The van der Waals surface area contributed by atoms with Gasteiger partial charge in [-0.3, -0.25) is 9.97 Å². The molecular weight excluding hydrogens is 214 g/mol. The van der Waals surface area contributed by atoms with Crippen LogP contribution in [-0.2, 0) is 15.8 Å². The van der Waals surface area contributed by atoms with Crippen LogP contribution in [0.25, 0.3) is 11.0 Å². The Balaban J connectivity index is 2.61. The third-order valence-electron chi connectivity index (χ3n) is 1.94. The molecule has 2 rings (SSSR count). The lowest BCUT2D eigenvalue weighted by molar-refractivity contribution is 0.597. The molecule has 0 aliphatic rings. The van der Waals surface area contributed by atoms with Crippen LogP contribution in [0.5, 0.6) is 0 Å². The monoisotopic (exact) mass is 223 g/mol. The van der Waals surface area contributed by atoms with Gasteiger partial charge in [0.25, 0.3) is 0 Å². The molecule has 0 aliphatic carbocycles. The van der Waals surface area contributed by atoms with Crippen molar-refractivity contribution in [1.82, 2.24) is 9.97 Å². The molecule has 15 heavy (non-hydrogen) atoms. The summed E-state index contributed by atoms with van der Waals surface area (Å²) in [5.41, 5.74) is 1.82. The molecule has 0 spiro atoms. The van der Waals surface area contributed by atoms with Crippen LogP contribution in [0.2, 0.25) is 0 Å². The summed E-state index contributed by atoms with van der Waals surface area (Å²) in [5, 5.41) is 4.98. The fraction of sp³-hybridized carbons (Fsp3) is 0.111. The average molecular weight is 223 g/mol. The summed E-state index contributed by atoms with van der Waals surface area (Å²) in [5.74, 6) is -0.219. The first-order chi connectivity index (χ1) is 7.06. The van der Waals surface area contributed by atoms with Gasteiger partial charge >= 0.3 is 0 Å². The lowest BCUT2D eigenvalue weighted by Crippen LogP contribution is -2.14. The van der Waals surface area contributed by atoms with E-state index >= 15 is 0 Å². The zero-order valence-corrected chi connectivity index (χ0v) is 8.61. The van der Waals surface area contributed by atoms with Crippen LogP contribution in [0, 0.1) is 0 Å². The van der Waals surface area contributed by atoms with Crippen LogP contribution < -0.4 is 5.14 Å². The summed E-state index contributed by atoms with van der Waals surface area (Å²) in [6.45, 7) is 0. The number of para-hydroxylation sites is 1. The first kappa shape index (κ1) is 10.0. The quantitative estimate of drug-likeness (QED) is 0.799. The van der Waals surface area contributed by atoms with E-state index in [1.165, 1.54) is 6.20 Å². The second-order valence-corrected chi connectivity index (χ2v) is 4.76. The molecule has 1 aromatic heterocycles. The van der Waals surface area contributed by atoms with Crippen LogP contribution in [0.4, 0.5) is 0 Å². The molecule has 0 saturated heterocycles. The van der Waals surface area contributed by atoms with Gasteiger partial charge in [-0.2, -0.15) is 0 Å². The van der Waals surface area contributed by atoms with E-state index in [0.717, 1.165) is 0 Å². The van der Waals surface area contributed by atoms with E-state index in [4.69, 9.17) is 5.14 Å². The van der Waals surface area contributed by atoms with Crippen molar-refractivity contribution in [2.24, 2.45) is 5.14 Å². The lowest BCUT2D eigenvalue weighted by atomic mass is 10.2. The van der Waals surface area contributed by atoms with E-state index in [9.17, 15) is 8.42 Å². The van der Waals surface area contributed by atoms with Gasteiger partial charge in [-0.15, -0.1) is 0 Å². The maximum atomic E-state index is 11.0. The fourth-order valence-corrected chi connectivity index (χ4v) is 2.05. The third kappa shape index (κ3) is 2.28. The minimum atomic E-state index is -3.54. The molecule has 1 heterocycles. The number of sulfonamides is 1. The summed E-state index contributed by atoms with van der Waals surface area (Å²) in [4.78, 5) is 8.16. The number of nitrogens with two attached hydrogens (primary N) is 1. The molecule has 2 aromatic rings. The van der Waals surface area contributed by atoms with Crippen molar-refractivity contribution < 1.29 is 8.42 Å². The maximum absolute atomic E-state index is 11.0. The van der Waals surface area contributed by atoms with Gasteiger partial charge in [0, 0.05) is 12.4 Å². The van der Waals surface area contributed by atoms with Crippen LogP contribution in [0.15, 0.2) is 30.6 Å². The predicted octanol–water partition coefficient (Wildman–Crippen LogP) is 0.418. The number of hydrogen-bond donors (Lipinski definition) is 1. The standard InChI is InChI=1S/C9H9N3O2S/c10-15(13,14)6-7-2-1-3-8-9(7)12-5-4-11-8/h1-5H,6H2,(H2,10,13,14). The molecule has 0 fully saturated rings. The molecule has 0 bridgehead atoms. The van der Waals surface area contributed by atoms with Gasteiger partial charge in [0.2, 0.25) is 10.0 Å². The molecule has 6 heteroatoms. The largest absolute Gasteiger partial charge is 0.253 e. The number of aromatic nitrogens is 2. The maximum Gasteiger partial charge on any atom is 0.213 e. The van der Waals surface area contributed by atoms with E-state index < -0.39 is 10.0 Å². The number of rotatable bonds is 2. The van der Waals surface area contributed by atoms with Gasteiger partial charge in [0.1, 0.15) is 0 Å². The Kier molecular flexibility index (Phi) is 2.37. The van der Waals surface area contributed by atoms with Crippen molar-refractivity contribution in [3.63, 3.8) is 0 Å². The Labute approximate surface area is 87.0 Å². The van der Waals surface area contributed by atoms with Crippen LogP contribution >= 0.6 is 0 Å². The molecule has 0 unspecified atom stereocenters. The van der Waals surface area contributed by atoms with Crippen LogP contribution in [0.1, 0.15) is 5.56 Å². The molecule has 1 aromatic carbocycles. The summed E-state index contributed by atoms with van der Waals surface area (Å²) in [6.07, 6.45) is 3.08. The Morgan fingerprint density at radius 1 is 1.20 bits per heavy atom. The zero-order chi connectivity index (χ0) is 10.9. The van der Waals surface area contributed by atoms with Gasteiger partial charge in [-0.1, -0.05) is 12.1 Å². The molecule has 0 atom stereocenters. The Bertz CT molecular complexity index is 590. The zero-order valence-electron chi connectivity index (χ0n) is 7.79.